The van der Waals surface area contributed by atoms with E-state index in [1.54, 1.807) is 12.4 Å². The fourth-order valence-electron chi connectivity index (χ4n) is 3.32. The molecular formula is C17H23N3. The van der Waals surface area contributed by atoms with Gasteiger partial charge in [0.05, 0.1) is 11.0 Å². The number of benzene rings is 1. The van der Waals surface area contributed by atoms with E-state index in [9.17, 15) is 0 Å². The Kier molecular flexibility index (Phi) is 4.26. The third-order valence-corrected chi connectivity index (χ3v) is 4.34. The highest BCUT2D eigenvalue weighted by atomic mass is 14.9. The quantitative estimate of drug-likeness (QED) is 0.895. The lowest BCUT2D eigenvalue weighted by molar-refractivity contribution is 0.368. The highest BCUT2D eigenvalue weighted by molar-refractivity contribution is 5.74. The average Bonchev–Trinajstić information content (AvgIpc) is 3.02. The summed E-state index contributed by atoms with van der Waals surface area (Å²) in [5.41, 5.74) is 3.36. The average molecular weight is 269 g/mol. The lowest BCUT2D eigenvalue weighted by Gasteiger charge is -2.25. The van der Waals surface area contributed by atoms with Gasteiger partial charge >= 0.3 is 0 Å². The van der Waals surface area contributed by atoms with Crippen molar-refractivity contribution in [2.45, 2.75) is 45.1 Å². The fraction of sp³-hybridized carbons (Fsp3) is 0.529. The topological polar surface area (TPSA) is 37.8 Å². The Hall–Kier alpha value is -1.48. The molecule has 1 fully saturated rings. The van der Waals surface area contributed by atoms with Gasteiger partial charge in [0.1, 0.15) is 0 Å². The number of hydrogen-bond acceptors (Lipinski definition) is 3. The van der Waals surface area contributed by atoms with Crippen LogP contribution in [0.4, 0.5) is 0 Å². The summed E-state index contributed by atoms with van der Waals surface area (Å²) >= 11 is 0. The summed E-state index contributed by atoms with van der Waals surface area (Å²) in [4.78, 5) is 8.80. The van der Waals surface area contributed by atoms with E-state index >= 15 is 0 Å². The molecule has 0 amide bonds. The minimum Gasteiger partial charge on any atom is -0.310 e. The van der Waals surface area contributed by atoms with Gasteiger partial charge in [0, 0.05) is 18.4 Å². The molecule has 1 atom stereocenters. The van der Waals surface area contributed by atoms with Gasteiger partial charge in [0.25, 0.3) is 0 Å². The lowest BCUT2D eigenvalue weighted by Crippen LogP contribution is -2.27. The van der Waals surface area contributed by atoms with Gasteiger partial charge in [-0.3, -0.25) is 9.97 Å². The van der Waals surface area contributed by atoms with Crippen LogP contribution in [-0.4, -0.2) is 16.5 Å². The summed E-state index contributed by atoms with van der Waals surface area (Å²) < 4.78 is 0. The van der Waals surface area contributed by atoms with Crippen LogP contribution < -0.4 is 5.32 Å². The van der Waals surface area contributed by atoms with Crippen molar-refractivity contribution in [1.82, 2.24) is 15.3 Å². The molecule has 20 heavy (non-hydrogen) atoms. The number of aromatic nitrogens is 2. The Balaban J connectivity index is 1.90. The Bertz CT molecular complexity index is 561. The molecule has 0 spiro atoms. The molecule has 3 nitrogen and oxygen atoms in total. The molecule has 0 bridgehead atoms. The van der Waals surface area contributed by atoms with Gasteiger partial charge in [-0.2, -0.15) is 0 Å². The first-order valence-electron chi connectivity index (χ1n) is 7.82. The van der Waals surface area contributed by atoms with E-state index in [-0.39, 0.29) is 0 Å². The SMILES string of the molecule is CCCNC(c1ccc2nccnc2c1)C1CCCC1. The molecule has 1 N–H and O–H groups in total. The first-order valence-corrected chi connectivity index (χ1v) is 7.82. The van der Waals surface area contributed by atoms with Crippen LogP contribution in [0.5, 0.6) is 0 Å². The molecule has 1 heterocycles. The summed E-state index contributed by atoms with van der Waals surface area (Å²) in [6.45, 7) is 3.31. The molecular weight excluding hydrogens is 246 g/mol. The van der Waals surface area contributed by atoms with Gasteiger partial charge in [-0.25, -0.2) is 0 Å². The van der Waals surface area contributed by atoms with Crippen LogP contribution in [0.2, 0.25) is 0 Å². The predicted molar refractivity (Wildman–Crippen MR) is 82.5 cm³/mol. The van der Waals surface area contributed by atoms with E-state index in [0.717, 1.165) is 23.5 Å². The van der Waals surface area contributed by atoms with Gasteiger partial charge in [-0.15, -0.1) is 0 Å². The van der Waals surface area contributed by atoms with Crippen molar-refractivity contribution in [2.75, 3.05) is 6.54 Å². The van der Waals surface area contributed by atoms with Crippen molar-refractivity contribution in [3.63, 3.8) is 0 Å². The largest absolute Gasteiger partial charge is 0.310 e. The smallest absolute Gasteiger partial charge is 0.0890 e. The Morgan fingerprint density at radius 3 is 2.65 bits per heavy atom. The van der Waals surface area contributed by atoms with Gasteiger partial charge in [-0.05, 0) is 49.4 Å². The first-order chi connectivity index (χ1) is 9.88. The number of hydrogen-bond donors (Lipinski definition) is 1. The van der Waals surface area contributed by atoms with Crippen LogP contribution >= 0.6 is 0 Å². The molecule has 1 saturated carbocycles. The molecule has 3 heteroatoms. The zero-order valence-corrected chi connectivity index (χ0v) is 12.2. The van der Waals surface area contributed by atoms with Crippen molar-refractivity contribution >= 4 is 11.0 Å². The molecule has 106 valence electrons. The van der Waals surface area contributed by atoms with Crippen molar-refractivity contribution < 1.29 is 0 Å². The zero-order valence-electron chi connectivity index (χ0n) is 12.2. The first kappa shape index (κ1) is 13.5. The standard InChI is InChI=1S/C17H23N3/c1-2-9-20-17(13-5-3-4-6-13)14-7-8-15-16(12-14)19-11-10-18-15/h7-8,10-13,17,20H,2-6,9H2,1H3. The molecule has 1 unspecified atom stereocenters. The van der Waals surface area contributed by atoms with Crippen LogP contribution in [-0.2, 0) is 0 Å². The van der Waals surface area contributed by atoms with Crippen LogP contribution in [0, 0.1) is 5.92 Å². The minimum absolute atomic E-state index is 0.476. The molecule has 2 aromatic rings. The lowest BCUT2D eigenvalue weighted by atomic mass is 9.91. The summed E-state index contributed by atoms with van der Waals surface area (Å²) in [5, 5.41) is 3.74. The molecule has 3 rings (SSSR count). The molecule has 1 aromatic heterocycles. The van der Waals surface area contributed by atoms with Crippen molar-refractivity contribution in [3.8, 4) is 0 Å². The van der Waals surface area contributed by atoms with Crippen LogP contribution in [0.1, 0.15) is 50.6 Å². The highest BCUT2D eigenvalue weighted by Gasteiger charge is 2.25. The minimum atomic E-state index is 0.476. The van der Waals surface area contributed by atoms with E-state index in [1.165, 1.54) is 37.7 Å². The Morgan fingerprint density at radius 2 is 1.90 bits per heavy atom. The van der Waals surface area contributed by atoms with Crippen molar-refractivity contribution in [2.24, 2.45) is 5.92 Å². The monoisotopic (exact) mass is 269 g/mol. The molecule has 0 aliphatic heterocycles. The second-order valence-corrected chi connectivity index (χ2v) is 5.78. The second-order valence-electron chi connectivity index (χ2n) is 5.78. The predicted octanol–water partition coefficient (Wildman–Crippen LogP) is 3.86. The summed E-state index contributed by atoms with van der Waals surface area (Å²) in [7, 11) is 0. The van der Waals surface area contributed by atoms with Crippen LogP contribution in [0.15, 0.2) is 30.6 Å². The van der Waals surface area contributed by atoms with Crippen molar-refractivity contribution in [1.29, 1.82) is 0 Å². The number of nitrogens with zero attached hydrogens (tertiary/aromatic N) is 2. The zero-order chi connectivity index (χ0) is 13.8. The van der Waals surface area contributed by atoms with Gasteiger partial charge in [0.2, 0.25) is 0 Å². The number of rotatable bonds is 5. The summed E-state index contributed by atoms with van der Waals surface area (Å²) in [6, 6.07) is 7.02. The molecule has 1 aromatic carbocycles. The van der Waals surface area contributed by atoms with Gasteiger partial charge < -0.3 is 5.32 Å². The summed E-state index contributed by atoms with van der Waals surface area (Å²) in [5.74, 6) is 0.774. The Labute approximate surface area is 120 Å². The third-order valence-electron chi connectivity index (χ3n) is 4.34. The van der Waals surface area contributed by atoms with E-state index < -0.39 is 0 Å². The maximum absolute atomic E-state index is 4.44. The second kappa shape index (κ2) is 6.31. The van der Waals surface area contributed by atoms with Gasteiger partial charge in [0.15, 0.2) is 0 Å². The van der Waals surface area contributed by atoms with E-state index in [0.29, 0.717) is 6.04 Å². The Morgan fingerprint density at radius 1 is 1.15 bits per heavy atom. The number of nitrogens with one attached hydrogen (secondary N) is 1. The van der Waals surface area contributed by atoms with Gasteiger partial charge in [-0.1, -0.05) is 25.8 Å². The highest BCUT2D eigenvalue weighted by Crippen LogP contribution is 2.36. The fourth-order valence-corrected chi connectivity index (χ4v) is 3.32. The number of fused-ring (bicyclic) bond motifs is 1. The van der Waals surface area contributed by atoms with E-state index in [1.807, 2.05) is 0 Å². The molecule has 0 radical (unpaired) electrons. The maximum Gasteiger partial charge on any atom is 0.0890 e. The van der Waals surface area contributed by atoms with Crippen LogP contribution in [0.3, 0.4) is 0 Å². The molecule has 1 aliphatic carbocycles. The van der Waals surface area contributed by atoms with E-state index in [4.69, 9.17) is 0 Å². The summed E-state index contributed by atoms with van der Waals surface area (Å²) in [6.07, 6.45) is 10.2. The molecule has 1 aliphatic rings. The molecule has 0 saturated heterocycles. The van der Waals surface area contributed by atoms with E-state index in [2.05, 4.69) is 40.4 Å². The normalized spacial score (nSPS) is 17.6. The van der Waals surface area contributed by atoms with Crippen LogP contribution in [0.25, 0.3) is 11.0 Å². The van der Waals surface area contributed by atoms with Crippen molar-refractivity contribution in [3.05, 3.63) is 36.2 Å². The maximum atomic E-state index is 4.44. The third kappa shape index (κ3) is 2.83.